The molecule has 1 fully saturated rings. The molecule has 20 heavy (non-hydrogen) atoms. The van der Waals surface area contributed by atoms with Crippen LogP contribution in [-0.2, 0) is 0 Å². The van der Waals surface area contributed by atoms with Crippen molar-refractivity contribution in [1.29, 1.82) is 0 Å². The number of thiophene rings is 2. The molecule has 0 aromatic carbocycles. The minimum atomic E-state index is 0.0411. The van der Waals surface area contributed by atoms with E-state index >= 15 is 0 Å². The van der Waals surface area contributed by atoms with Crippen LogP contribution < -0.4 is 11.1 Å². The summed E-state index contributed by atoms with van der Waals surface area (Å²) in [6.45, 7) is 0.538. The van der Waals surface area contributed by atoms with E-state index in [0.29, 0.717) is 12.5 Å². The van der Waals surface area contributed by atoms with Crippen molar-refractivity contribution >= 4 is 38.0 Å². The van der Waals surface area contributed by atoms with Gasteiger partial charge in [0.15, 0.2) is 0 Å². The van der Waals surface area contributed by atoms with Crippen molar-refractivity contribution in [2.24, 2.45) is 11.7 Å². The highest BCUT2D eigenvalue weighted by molar-refractivity contribution is 7.27. The first-order chi connectivity index (χ1) is 9.78. The maximum absolute atomic E-state index is 12.4. The van der Waals surface area contributed by atoms with Gasteiger partial charge in [-0.05, 0) is 36.3 Å². The lowest BCUT2D eigenvalue weighted by Gasteiger charge is -2.29. The van der Waals surface area contributed by atoms with Gasteiger partial charge in [0.2, 0.25) is 0 Å². The lowest BCUT2D eigenvalue weighted by molar-refractivity contribution is 0.0920. The third-order valence-electron chi connectivity index (χ3n) is 4.15. The molecule has 0 saturated heterocycles. The lowest BCUT2D eigenvalue weighted by Crippen LogP contribution is -2.45. The maximum Gasteiger partial charge on any atom is 0.261 e. The second kappa shape index (κ2) is 6.24. The van der Waals surface area contributed by atoms with E-state index in [9.17, 15) is 4.79 Å². The Morgan fingerprint density at radius 3 is 2.85 bits per heavy atom. The topological polar surface area (TPSA) is 55.1 Å². The second-order valence-corrected chi connectivity index (χ2v) is 7.50. The zero-order valence-electron chi connectivity index (χ0n) is 11.4. The Bertz CT molecular complexity index is 555. The second-order valence-electron chi connectivity index (χ2n) is 5.47. The van der Waals surface area contributed by atoms with E-state index in [2.05, 4.69) is 16.8 Å². The highest BCUT2D eigenvalue weighted by Crippen LogP contribution is 2.30. The van der Waals surface area contributed by atoms with E-state index in [1.165, 1.54) is 41.5 Å². The van der Waals surface area contributed by atoms with Gasteiger partial charge in [-0.25, -0.2) is 0 Å². The average Bonchev–Trinajstić information content (AvgIpc) is 3.06. The largest absolute Gasteiger partial charge is 0.347 e. The number of amides is 1. The summed E-state index contributed by atoms with van der Waals surface area (Å²) >= 11 is 3.25. The zero-order valence-corrected chi connectivity index (χ0v) is 13.1. The molecule has 1 amide bonds. The summed E-state index contributed by atoms with van der Waals surface area (Å²) in [6.07, 6.45) is 6.25. The summed E-state index contributed by atoms with van der Waals surface area (Å²) in [4.78, 5) is 13.2. The summed E-state index contributed by atoms with van der Waals surface area (Å²) in [5.41, 5.74) is 5.88. The molecule has 2 aromatic rings. The zero-order chi connectivity index (χ0) is 13.9. The molecular weight excluding hydrogens is 288 g/mol. The standard InChI is InChI=1S/C15H20N2OS2/c16-9-11(10-4-2-1-3-5-10)17-15(18)14-8-13-12(20-14)6-7-19-13/h6-8,10-11H,1-5,9,16H2,(H,17,18). The predicted molar refractivity (Wildman–Crippen MR) is 86.6 cm³/mol. The first-order valence-corrected chi connectivity index (χ1v) is 8.95. The molecule has 5 heteroatoms. The highest BCUT2D eigenvalue weighted by atomic mass is 32.1. The van der Waals surface area contributed by atoms with Crippen LogP contribution in [0.1, 0.15) is 41.8 Å². The molecule has 3 rings (SSSR count). The average molecular weight is 308 g/mol. The Labute approximate surface area is 127 Å². The van der Waals surface area contributed by atoms with Crippen LogP contribution in [0.4, 0.5) is 0 Å². The molecule has 0 spiro atoms. The van der Waals surface area contributed by atoms with Crippen LogP contribution in [0.15, 0.2) is 17.5 Å². The van der Waals surface area contributed by atoms with Gasteiger partial charge < -0.3 is 11.1 Å². The molecule has 108 valence electrons. The fraction of sp³-hybridized carbons (Fsp3) is 0.533. The number of fused-ring (bicyclic) bond motifs is 1. The summed E-state index contributed by atoms with van der Waals surface area (Å²) in [5.74, 6) is 0.596. The first kappa shape index (κ1) is 14.0. The molecule has 0 aliphatic heterocycles. The monoisotopic (exact) mass is 308 g/mol. The molecule has 1 aliphatic rings. The molecule has 1 atom stereocenters. The predicted octanol–water partition coefficient (Wildman–Crippen LogP) is 3.60. The molecule has 3 N–H and O–H groups in total. The Kier molecular flexibility index (Phi) is 4.38. The quantitative estimate of drug-likeness (QED) is 0.906. The molecule has 1 aliphatic carbocycles. The van der Waals surface area contributed by atoms with Crippen LogP contribution in [-0.4, -0.2) is 18.5 Å². The normalized spacial score (nSPS) is 18.2. The van der Waals surface area contributed by atoms with Crippen molar-refractivity contribution in [2.45, 2.75) is 38.1 Å². The van der Waals surface area contributed by atoms with E-state index in [1.54, 1.807) is 22.7 Å². The molecule has 1 unspecified atom stereocenters. The van der Waals surface area contributed by atoms with Crippen molar-refractivity contribution in [3.63, 3.8) is 0 Å². The van der Waals surface area contributed by atoms with Gasteiger partial charge in [-0.3, -0.25) is 4.79 Å². The molecule has 3 nitrogen and oxygen atoms in total. The number of nitrogens with two attached hydrogens (primary N) is 1. The number of carbonyl (C=O) groups excluding carboxylic acids is 1. The van der Waals surface area contributed by atoms with Gasteiger partial charge in [0.05, 0.1) is 4.88 Å². The SMILES string of the molecule is NCC(NC(=O)c1cc2sccc2s1)C1CCCCC1. The fourth-order valence-corrected chi connectivity index (χ4v) is 5.03. The van der Waals surface area contributed by atoms with E-state index in [4.69, 9.17) is 5.73 Å². The van der Waals surface area contributed by atoms with Gasteiger partial charge in [-0.1, -0.05) is 19.3 Å². The molecular formula is C15H20N2OS2. The van der Waals surface area contributed by atoms with Gasteiger partial charge in [-0.2, -0.15) is 0 Å². The van der Waals surface area contributed by atoms with Crippen LogP contribution in [0.5, 0.6) is 0 Å². The summed E-state index contributed by atoms with van der Waals surface area (Å²) in [7, 11) is 0. The third-order valence-corrected chi connectivity index (χ3v) is 6.24. The van der Waals surface area contributed by atoms with Crippen LogP contribution in [0.25, 0.3) is 9.40 Å². The van der Waals surface area contributed by atoms with Crippen molar-refractivity contribution in [3.8, 4) is 0 Å². The van der Waals surface area contributed by atoms with Crippen molar-refractivity contribution in [3.05, 3.63) is 22.4 Å². The van der Waals surface area contributed by atoms with Gasteiger partial charge in [-0.15, -0.1) is 22.7 Å². The van der Waals surface area contributed by atoms with E-state index in [-0.39, 0.29) is 11.9 Å². The molecule has 0 radical (unpaired) electrons. The van der Waals surface area contributed by atoms with Gasteiger partial charge in [0.1, 0.15) is 0 Å². The smallest absolute Gasteiger partial charge is 0.261 e. The minimum absolute atomic E-state index is 0.0411. The summed E-state index contributed by atoms with van der Waals surface area (Å²) in [6, 6.07) is 4.19. The molecule has 1 saturated carbocycles. The van der Waals surface area contributed by atoms with E-state index in [0.717, 1.165) is 4.88 Å². The molecule has 2 aromatic heterocycles. The highest BCUT2D eigenvalue weighted by Gasteiger charge is 2.24. The number of nitrogens with one attached hydrogen (secondary N) is 1. The van der Waals surface area contributed by atoms with Crippen LogP contribution in [0.2, 0.25) is 0 Å². The number of carbonyl (C=O) groups is 1. The van der Waals surface area contributed by atoms with Gasteiger partial charge in [0, 0.05) is 22.0 Å². The van der Waals surface area contributed by atoms with E-state index in [1.807, 2.05) is 6.07 Å². The summed E-state index contributed by atoms with van der Waals surface area (Å²) in [5, 5.41) is 5.22. The lowest BCUT2D eigenvalue weighted by atomic mass is 9.84. The molecule has 2 heterocycles. The number of rotatable bonds is 4. The summed E-state index contributed by atoms with van der Waals surface area (Å²) < 4.78 is 2.39. The maximum atomic E-state index is 12.4. The number of hydrogen-bond donors (Lipinski definition) is 2. The Balaban J connectivity index is 1.68. The van der Waals surface area contributed by atoms with Crippen molar-refractivity contribution in [1.82, 2.24) is 5.32 Å². The molecule has 0 bridgehead atoms. The fourth-order valence-electron chi connectivity index (χ4n) is 3.02. The van der Waals surface area contributed by atoms with Gasteiger partial charge in [0.25, 0.3) is 5.91 Å². The van der Waals surface area contributed by atoms with E-state index < -0.39 is 0 Å². The van der Waals surface area contributed by atoms with Crippen molar-refractivity contribution < 1.29 is 4.79 Å². The van der Waals surface area contributed by atoms with Crippen LogP contribution in [0, 0.1) is 5.92 Å². The first-order valence-electron chi connectivity index (χ1n) is 7.26. The Hall–Kier alpha value is -0.910. The Morgan fingerprint density at radius 1 is 1.35 bits per heavy atom. The van der Waals surface area contributed by atoms with Crippen molar-refractivity contribution in [2.75, 3.05) is 6.54 Å². The van der Waals surface area contributed by atoms with Gasteiger partial charge >= 0.3 is 0 Å². The van der Waals surface area contributed by atoms with Crippen LogP contribution in [0.3, 0.4) is 0 Å². The third kappa shape index (κ3) is 2.90. The minimum Gasteiger partial charge on any atom is -0.347 e. The van der Waals surface area contributed by atoms with Crippen LogP contribution >= 0.6 is 22.7 Å². The Morgan fingerprint density at radius 2 is 2.15 bits per heavy atom. The number of hydrogen-bond acceptors (Lipinski definition) is 4.